The van der Waals surface area contributed by atoms with Crippen molar-refractivity contribution in [3.05, 3.63) is 85.1 Å². The Morgan fingerprint density at radius 1 is 0.373 bits per heavy atom. The summed E-state index contributed by atoms with van der Waals surface area (Å²) in [7, 11) is 5.98. The molecule has 0 amide bonds. The maximum absolute atomic E-state index is 12.9. The number of nitrogens with zero attached hydrogens (tertiary/aromatic N) is 1. The molecule has 0 aromatic carbocycles. The Labute approximate surface area is 512 Å². The number of carbonyl (C=O) groups is 3. The number of allylic oxidation sites excluding steroid dienone is 14. The third-order valence-corrected chi connectivity index (χ3v) is 15.1. The summed E-state index contributed by atoms with van der Waals surface area (Å²) in [6, 6.07) is 0. The second-order valence-corrected chi connectivity index (χ2v) is 24.5. The summed E-state index contributed by atoms with van der Waals surface area (Å²) in [5.74, 6) is -2.00. The number of unbranched alkanes of at least 4 members (excludes halogenated alkanes) is 35. The number of carboxylic acids is 1. The lowest BCUT2D eigenvalue weighted by Gasteiger charge is -2.25. The molecule has 0 aliphatic heterocycles. The standard InChI is InChI=1S/C74H131NO8/c1-6-8-10-12-14-16-18-20-22-24-26-28-30-31-32-33-34-35-36-37-38-39-40-41-43-45-47-49-51-53-55-57-59-61-63-65-72(77)83-70(69-82-74(73(78)79)80-67-66-75(3,4)5)68-81-71(76)64-62-60-58-56-54-52-50-48-46-44-42-29-27-25-23-21-19-17-15-13-11-9-7-2/h8,10,14,16,19-22,25-28,42,44,70,74H,6-7,9,11-13,15,17-18,23-24,29-41,43,45-69H2,1-5H3/p+1/b10-8-,16-14-,21-19-,22-20-,27-25-,28-26-,44-42-. The van der Waals surface area contributed by atoms with Gasteiger partial charge in [0.1, 0.15) is 13.2 Å². The van der Waals surface area contributed by atoms with Crippen LogP contribution in [0.1, 0.15) is 309 Å². The number of hydrogen-bond acceptors (Lipinski definition) is 7. The van der Waals surface area contributed by atoms with Crippen LogP contribution >= 0.6 is 0 Å². The molecule has 9 nitrogen and oxygen atoms in total. The molecule has 0 heterocycles. The fourth-order valence-corrected chi connectivity index (χ4v) is 9.84. The SMILES string of the molecule is CC/C=C\C/C=C\C/C=C\C/C=C\CCCCCCCCCCCCCCCCCCCCCCCCC(=O)OC(COC(=O)CCCCCCCCCC/C=C\C/C=C\C/C=C\CCCCCCC)COC(OCC[N+](C)(C)C)C(=O)O. The van der Waals surface area contributed by atoms with Crippen molar-refractivity contribution in [3.63, 3.8) is 0 Å². The van der Waals surface area contributed by atoms with Crippen molar-refractivity contribution in [3.8, 4) is 0 Å². The molecule has 2 atom stereocenters. The Balaban J connectivity index is 4.08. The van der Waals surface area contributed by atoms with Gasteiger partial charge < -0.3 is 28.5 Å². The molecule has 480 valence electrons. The van der Waals surface area contributed by atoms with Gasteiger partial charge in [0.05, 0.1) is 34.4 Å². The van der Waals surface area contributed by atoms with Gasteiger partial charge in [-0.3, -0.25) is 9.59 Å². The van der Waals surface area contributed by atoms with E-state index < -0.39 is 24.3 Å². The Morgan fingerprint density at radius 3 is 1.02 bits per heavy atom. The van der Waals surface area contributed by atoms with Crippen molar-refractivity contribution in [2.45, 2.75) is 322 Å². The smallest absolute Gasteiger partial charge is 0.361 e. The fourth-order valence-electron chi connectivity index (χ4n) is 9.84. The Bertz CT molecular complexity index is 1640. The third kappa shape index (κ3) is 65.9. The molecule has 0 aliphatic rings. The lowest BCUT2D eigenvalue weighted by molar-refractivity contribution is -0.870. The molecule has 0 aromatic heterocycles. The minimum absolute atomic E-state index is 0.185. The van der Waals surface area contributed by atoms with Crippen molar-refractivity contribution >= 4 is 17.9 Å². The van der Waals surface area contributed by atoms with E-state index in [9.17, 15) is 19.5 Å². The zero-order valence-corrected chi connectivity index (χ0v) is 54.8. The van der Waals surface area contributed by atoms with E-state index in [2.05, 4.69) is 98.9 Å². The molecule has 1 N–H and O–H groups in total. The van der Waals surface area contributed by atoms with Gasteiger partial charge in [0, 0.05) is 12.8 Å². The number of carbonyl (C=O) groups excluding carboxylic acids is 2. The van der Waals surface area contributed by atoms with E-state index in [1.165, 1.54) is 193 Å². The summed E-state index contributed by atoms with van der Waals surface area (Å²) in [5.41, 5.74) is 0. The van der Waals surface area contributed by atoms with Crippen LogP contribution < -0.4 is 0 Å². The zero-order valence-electron chi connectivity index (χ0n) is 54.8. The summed E-state index contributed by atoms with van der Waals surface area (Å²) >= 11 is 0. The van der Waals surface area contributed by atoms with Crippen LogP contribution in [0.2, 0.25) is 0 Å². The molecule has 83 heavy (non-hydrogen) atoms. The van der Waals surface area contributed by atoms with Crippen LogP contribution in [0.3, 0.4) is 0 Å². The average molecular weight is 1160 g/mol. The van der Waals surface area contributed by atoms with Crippen LogP contribution in [0.4, 0.5) is 0 Å². The molecule has 0 saturated carbocycles. The molecule has 2 unspecified atom stereocenters. The molecule has 9 heteroatoms. The van der Waals surface area contributed by atoms with E-state index in [0.29, 0.717) is 17.4 Å². The van der Waals surface area contributed by atoms with Gasteiger partial charge in [-0.2, -0.15) is 0 Å². The number of quaternary nitrogens is 1. The number of aliphatic carboxylic acids is 1. The normalized spacial score (nSPS) is 13.2. The number of esters is 2. The Morgan fingerprint density at radius 2 is 0.687 bits per heavy atom. The molecule has 0 saturated heterocycles. The lowest BCUT2D eigenvalue weighted by Crippen LogP contribution is -2.40. The van der Waals surface area contributed by atoms with E-state index in [0.717, 1.165) is 89.9 Å². The highest BCUT2D eigenvalue weighted by Crippen LogP contribution is 2.18. The largest absolute Gasteiger partial charge is 0.477 e. The quantitative estimate of drug-likeness (QED) is 0.0211. The van der Waals surface area contributed by atoms with Crippen molar-refractivity contribution in [1.29, 1.82) is 0 Å². The first kappa shape index (κ1) is 79.5. The van der Waals surface area contributed by atoms with Gasteiger partial charge in [-0.05, 0) is 89.9 Å². The summed E-state index contributed by atoms with van der Waals surface area (Å²) in [6.45, 7) is 4.78. The molecular formula is C74H132NO8+. The second-order valence-electron chi connectivity index (χ2n) is 24.5. The van der Waals surface area contributed by atoms with Crippen LogP contribution in [0, 0.1) is 0 Å². The zero-order chi connectivity index (χ0) is 60.5. The molecule has 0 aliphatic carbocycles. The van der Waals surface area contributed by atoms with Gasteiger partial charge in [0.15, 0.2) is 6.10 Å². The monoisotopic (exact) mass is 1160 g/mol. The second kappa shape index (κ2) is 64.5. The highest BCUT2D eigenvalue weighted by Gasteiger charge is 2.25. The van der Waals surface area contributed by atoms with Crippen LogP contribution in [-0.4, -0.2) is 87.4 Å². The van der Waals surface area contributed by atoms with Crippen LogP contribution in [0.15, 0.2) is 85.1 Å². The van der Waals surface area contributed by atoms with Gasteiger partial charge in [0.25, 0.3) is 6.29 Å². The van der Waals surface area contributed by atoms with E-state index in [-0.39, 0.29) is 32.2 Å². The number of rotatable bonds is 64. The predicted molar refractivity (Wildman–Crippen MR) is 355 cm³/mol. The summed E-state index contributed by atoms with van der Waals surface area (Å²) in [5, 5.41) is 9.74. The minimum Gasteiger partial charge on any atom is -0.477 e. The van der Waals surface area contributed by atoms with Crippen LogP contribution in [-0.2, 0) is 33.3 Å². The van der Waals surface area contributed by atoms with E-state index in [1.807, 2.05) is 21.1 Å². The highest BCUT2D eigenvalue weighted by molar-refractivity contribution is 5.71. The van der Waals surface area contributed by atoms with Crippen LogP contribution in [0.25, 0.3) is 0 Å². The van der Waals surface area contributed by atoms with Gasteiger partial charge in [0.2, 0.25) is 0 Å². The lowest BCUT2D eigenvalue weighted by atomic mass is 10.0. The molecule has 0 fully saturated rings. The summed E-state index contributed by atoms with van der Waals surface area (Å²) in [6.07, 6.45) is 84.1. The topological polar surface area (TPSA) is 108 Å². The van der Waals surface area contributed by atoms with Gasteiger partial charge >= 0.3 is 17.9 Å². The Hall–Kier alpha value is -3.53. The van der Waals surface area contributed by atoms with E-state index in [4.69, 9.17) is 18.9 Å². The molecule has 0 bridgehead atoms. The predicted octanol–water partition coefficient (Wildman–Crippen LogP) is 21.5. The van der Waals surface area contributed by atoms with Gasteiger partial charge in [-0.15, -0.1) is 0 Å². The summed E-state index contributed by atoms with van der Waals surface area (Å²) in [4.78, 5) is 37.6. The number of hydrogen-bond donors (Lipinski definition) is 1. The number of carboxylic acid groups (broad SMARTS) is 1. The Kier molecular flexibility index (Phi) is 61.7. The molecule has 0 radical (unpaired) electrons. The van der Waals surface area contributed by atoms with E-state index >= 15 is 0 Å². The molecule has 0 spiro atoms. The maximum atomic E-state index is 12.9. The minimum atomic E-state index is -1.51. The summed E-state index contributed by atoms with van der Waals surface area (Å²) < 4.78 is 23.0. The van der Waals surface area contributed by atoms with Crippen molar-refractivity contribution < 1.29 is 42.9 Å². The average Bonchev–Trinajstić information content (AvgIpc) is 3.46. The number of ether oxygens (including phenoxy) is 4. The van der Waals surface area contributed by atoms with Gasteiger partial charge in [-0.25, -0.2) is 4.79 Å². The van der Waals surface area contributed by atoms with Crippen molar-refractivity contribution in [2.24, 2.45) is 0 Å². The first-order valence-corrected chi connectivity index (χ1v) is 34.8. The van der Waals surface area contributed by atoms with Crippen molar-refractivity contribution in [1.82, 2.24) is 0 Å². The molecular weight excluding hydrogens is 1030 g/mol. The first-order valence-electron chi connectivity index (χ1n) is 34.8. The van der Waals surface area contributed by atoms with Crippen molar-refractivity contribution in [2.75, 3.05) is 47.5 Å². The molecule has 0 rings (SSSR count). The van der Waals surface area contributed by atoms with Crippen LogP contribution in [0.5, 0.6) is 0 Å². The highest BCUT2D eigenvalue weighted by atomic mass is 16.7. The third-order valence-electron chi connectivity index (χ3n) is 15.1. The first-order chi connectivity index (χ1) is 40.6. The number of likely N-dealkylation sites (N-methyl/N-ethyl adjacent to an activating group) is 1. The fraction of sp³-hybridized carbons (Fsp3) is 0.770. The van der Waals surface area contributed by atoms with Gasteiger partial charge in [-0.1, -0.05) is 292 Å². The van der Waals surface area contributed by atoms with E-state index in [1.54, 1.807) is 0 Å². The maximum Gasteiger partial charge on any atom is 0.361 e. The molecule has 0 aromatic rings.